The Morgan fingerprint density at radius 1 is 0.737 bits per heavy atom. The lowest BCUT2D eigenvalue weighted by molar-refractivity contribution is 0.0531. The fraction of sp³-hybridized carbons (Fsp3) is 1.00. The van der Waals surface area contributed by atoms with Crippen molar-refractivity contribution < 1.29 is 0 Å². The maximum absolute atomic E-state index is 3.49. The van der Waals surface area contributed by atoms with Crippen molar-refractivity contribution in [2.45, 2.75) is 69.5 Å². The van der Waals surface area contributed by atoms with Crippen LogP contribution < -0.4 is 5.32 Å². The molecule has 3 fully saturated rings. The van der Waals surface area contributed by atoms with Crippen LogP contribution in [0.25, 0.3) is 0 Å². The van der Waals surface area contributed by atoms with Gasteiger partial charge in [0.25, 0.3) is 0 Å². The zero-order chi connectivity index (χ0) is 13.1. The average molecular weight is 265 g/mol. The molecule has 0 bridgehead atoms. The number of nitrogens with one attached hydrogen (secondary N) is 1. The molecule has 3 rings (SSSR count). The van der Waals surface area contributed by atoms with Crippen molar-refractivity contribution in [3.8, 4) is 0 Å². The molecular weight excluding hydrogens is 234 g/mol. The summed E-state index contributed by atoms with van der Waals surface area (Å²) < 4.78 is 0. The summed E-state index contributed by atoms with van der Waals surface area (Å²) in [5, 5.41) is 3.49. The molecule has 0 amide bonds. The van der Waals surface area contributed by atoms with Gasteiger partial charge in [-0.2, -0.15) is 0 Å². The molecule has 2 aliphatic carbocycles. The Bertz CT molecular complexity index is 267. The van der Waals surface area contributed by atoms with Crippen molar-refractivity contribution in [2.24, 2.45) is 0 Å². The summed E-state index contributed by atoms with van der Waals surface area (Å²) in [5.74, 6) is 0. The van der Waals surface area contributed by atoms with E-state index in [1.54, 1.807) is 0 Å². The summed E-state index contributed by atoms with van der Waals surface area (Å²) in [6.07, 6.45) is 11.5. The van der Waals surface area contributed by atoms with E-state index in [9.17, 15) is 0 Å². The number of nitrogens with zero attached hydrogens (tertiary/aromatic N) is 2. The second kappa shape index (κ2) is 6.55. The van der Waals surface area contributed by atoms with Gasteiger partial charge in [-0.05, 0) is 39.2 Å². The van der Waals surface area contributed by atoms with Crippen LogP contribution in [-0.2, 0) is 0 Å². The monoisotopic (exact) mass is 265 g/mol. The lowest BCUT2D eigenvalue weighted by Gasteiger charge is -2.44. The Balaban J connectivity index is 1.46. The van der Waals surface area contributed by atoms with E-state index in [-0.39, 0.29) is 0 Å². The minimum atomic E-state index is 0.770. The van der Waals surface area contributed by atoms with Gasteiger partial charge in [0.2, 0.25) is 0 Å². The highest BCUT2D eigenvalue weighted by atomic mass is 15.3. The third-order valence-electron chi connectivity index (χ3n) is 5.76. The summed E-state index contributed by atoms with van der Waals surface area (Å²) in [7, 11) is 2.13. The minimum Gasteiger partial charge on any atom is -0.317 e. The predicted molar refractivity (Wildman–Crippen MR) is 80.5 cm³/mol. The van der Waals surface area contributed by atoms with E-state index in [0.717, 1.165) is 18.1 Å². The zero-order valence-electron chi connectivity index (χ0n) is 12.6. The van der Waals surface area contributed by atoms with Gasteiger partial charge in [-0.1, -0.05) is 19.3 Å². The lowest BCUT2D eigenvalue weighted by Crippen LogP contribution is -2.54. The average Bonchev–Trinajstić information content (AvgIpc) is 3.02. The van der Waals surface area contributed by atoms with E-state index >= 15 is 0 Å². The van der Waals surface area contributed by atoms with E-state index in [2.05, 4.69) is 22.2 Å². The molecular formula is C16H31N3. The van der Waals surface area contributed by atoms with Crippen molar-refractivity contribution in [1.82, 2.24) is 15.1 Å². The van der Waals surface area contributed by atoms with Crippen molar-refractivity contribution in [2.75, 3.05) is 33.2 Å². The van der Waals surface area contributed by atoms with Crippen molar-refractivity contribution in [1.29, 1.82) is 0 Å². The molecule has 1 aliphatic heterocycles. The summed E-state index contributed by atoms with van der Waals surface area (Å²) in [6, 6.07) is 2.56. The lowest BCUT2D eigenvalue weighted by atomic mass is 9.89. The Morgan fingerprint density at radius 2 is 1.32 bits per heavy atom. The standard InChI is InChI=1S/C16H31N3/c1-17-14-5-4-8-16(13-14)19-11-9-18(10-12-19)15-6-2-3-7-15/h14-17H,2-13H2,1H3. The molecule has 0 radical (unpaired) electrons. The fourth-order valence-corrected chi connectivity index (χ4v) is 4.49. The first-order valence-corrected chi connectivity index (χ1v) is 8.52. The molecule has 0 spiro atoms. The number of hydrogen-bond acceptors (Lipinski definition) is 3. The van der Waals surface area contributed by atoms with Crippen LogP contribution in [0.1, 0.15) is 51.4 Å². The van der Waals surface area contributed by atoms with Gasteiger partial charge in [-0.25, -0.2) is 0 Å². The predicted octanol–water partition coefficient (Wildman–Crippen LogP) is 2.08. The van der Waals surface area contributed by atoms with Gasteiger partial charge in [-0.3, -0.25) is 9.80 Å². The zero-order valence-corrected chi connectivity index (χ0v) is 12.6. The highest BCUT2D eigenvalue weighted by Gasteiger charge is 2.31. The molecule has 1 saturated heterocycles. The van der Waals surface area contributed by atoms with E-state index in [1.807, 2.05) is 0 Å². The summed E-state index contributed by atoms with van der Waals surface area (Å²) in [4.78, 5) is 5.57. The molecule has 2 saturated carbocycles. The van der Waals surface area contributed by atoms with E-state index in [0.29, 0.717) is 0 Å². The molecule has 2 atom stereocenters. The van der Waals surface area contributed by atoms with E-state index in [4.69, 9.17) is 0 Å². The number of rotatable bonds is 3. The molecule has 110 valence electrons. The normalized spacial score (nSPS) is 35.8. The smallest absolute Gasteiger partial charge is 0.0113 e. The topological polar surface area (TPSA) is 18.5 Å². The molecule has 0 aromatic carbocycles. The molecule has 2 unspecified atom stereocenters. The maximum atomic E-state index is 3.49. The summed E-state index contributed by atoms with van der Waals surface area (Å²) >= 11 is 0. The maximum Gasteiger partial charge on any atom is 0.0113 e. The van der Waals surface area contributed by atoms with Crippen LogP contribution in [0.15, 0.2) is 0 Å². The SMILES string of the molecule is CNC1CCCC(N2CCN(C3CCCC3)CC2)C1. The van der Waals surface area contributed by atoms with Gasteiger partial charge in [-0.15, -0.1) is 0 Å². The van der Waals surface area contributed by atoms with Gasteiger partial charge in [0.15, 0.2) is 0 Å². The van der Waals surface area contributed by atoms with Gasteiger partial charge in [0.1, 0.15) is 0 Å². The van der Waals surface area contributed by atoms with Crippen LogP contribution in [0.2, 0.25) is 0 Å². The van der Waals surface area contributed by atoms with Crippen molar-refractivity contribution in [3.05, 3.63) is 0 Å². The first-order valence-electron chi connectivity index (χ1n) is 8.52. The first-order chi connectivity index (χ1) is 9.36. The van der Waals surface area contributed by atoms with Crippen LogP contribution in [0.4, 0.5) is 0 Å². The van der Waals surface area contributed by atoms with Gasteiger partial charge < -0.3 is 5.32 Å². The molecule has 1 N–H and O–H groups in total. The Hall–Kier alpha value is -0.120. The summed E-state index contributed by atoms with van der Waals surface area (Å²) in [5.41, 5.74) is 0. The second-order valence-electron chi connectivity index (χ2n) is 6.82. The Kier molecular flexibility index (Phi) is 4.78. The van der Waals surface area contributed by atoms with Crippen LogP contribution in [0.3, 0.4) is 0 Å². The summed E-state index contributed by atoms with van der Waals surface area (Å²) in [6.45, 7) is 5.28. The quantitative estimate of drug-likeness (QED) is 0.843. The molecule has 3 nitrogen and oxygen atoms in total. The third kappa shape index (κ3) is 3.32. The first kappa shape index (κ1) is 13.8. The van der Waals surface area contributed by atoms with E-state index < -0.39 is 0 Å². The highest BCUT2D eigenvalue weighted by Crippen LogP contribution is 2.27. The minimum absolute atomic E-state index is 0.770. The Morgan fingerprint density at radius 3 is 1.95 bits per heavy atom. The molecule has 0 aromatic rings. The second-order valence-corrected chi connectivity index (χ2v) is 6.82. The van der Waals surface area contributed by atoms with Crippen LogP contribution in [0.5, 0.6) is 0 Å². The Labute approximate surface area is 118 Å². The third-order valence-corrected chi connectivity index (χ3v) is 5.76. The molecule has 3 heteroatoms. The molecule has 0 aromatic heterocycles. The number of hydrogen-bond donors (Lipinski definition) is 1. The number of piperazine rings is 1. The van der Waals surface area contributed by atoms with Gasteiger partial charge >= 0.3 is 0 Å². The fourth-order valence-electron chi connectivity index (χ4n) is 4.49. The highest BCUT2D eigenvalue weighted by molar-refractivity contribution is 4.88. The van der Waals surface area contributed by atoms with Crippen molar-refractivity contribution in [3.63, 3.8) is 0 Å². The van der Waals surface area contributed by atoms with Crippen LogP contribution >= 0.6 is 0 Å². The van der Waals surface area contributed by atoms with E-state index in [1.165, 1.54) is 77.5 Å². The van der Waals surface area contributed by atoms with Crippen molar-refractivity contribution >= 4 is 0 Å². The molecule has 1 heterocycles. The largest absolute Gasteiger partial charge is 0.317 e. The van der Waals surface area contributed by atoms with Crippen LogP contribution in [-0.4, -0.2) is 61.2 Å². The molecule has 3 aliphatic rings. The van der Waals surface area contributed by atoms with Crippen LogP contribution in [0, 0.1) is 0 Å². The van der Waals surface area contributed by atoms with Gasteiger partial charge in [0.05, 0.1) is 0 Å². The van der Waals surface area contributed by atoms with Gasteiger partial charge in [0, 0.05) is 44.3 Å². The molecule has 19 heavy (non-hydrogen) atoms.